The number of unbranched alkanes of at least 4 members (excludes halogenated alkanes) is 1. The number of benzene rings is 1. The molecule has 1 aliphatic heterocycles. The number of esters is 2. The Kier molecular flexibility index (Phi) is 9.21. The first-order valence-corrected chi connectivity index (χ1v) is 10.6. The van der Waals surface area contributed by atoms with E-state index in [-0.39, 0.29) is 25.4 Å². The van der Waals surface area contributed by atoms with Gasteiger partial charge in [0.15, 0.2) is 5.11 Å². The molecule has 0 aliphatic carbocycles. The minimum Gasteiger partial charge on any atom is -0.459 e. The number of aryl methyl sites for hydroxylation is 1. The highest BCUT2D eigenvalue weighted by Crippen LogP contribution is 2.31. The van der Waals surface area contributed by atoms with Gasteiger partial charge in [-0.15, -0.1) is 0 Å². The van der Waals surface area contributed by atoms with Crippen molar-refractivity contribution in [2.75, 3.05) is 26.4 Å². The molecule has 0 saturated heterocycles. The lowest BCUT2D eigenvalue weighted by atomic mass is 9.94. The molecule has 8 heteroatoms. The van der Waals surface area contributed by atoms with Gasteiger partial charge in [-0.2, -0.15) is 0 Å². The average Bonchev–Trinajstić information content (AvgIpc) is 2.73. The fraction of sp³-hybridized carbons (Fsp3) is 0.435. The lowest BCUT2D eigenvalue weighted by molar-refractivity contribution is -0.147. The number of rotatable bonds is 10. The Morgan fingerprint density at radius 2 is 1.81 bits per heavy atom. The number of thiocarbonyl (C=S) groups is 1. The molecule has 1 atom stereocenters. The molecule has 1 aromatic rings. The summed E-state index contributed by atoms with van der Waals surface area (Å²) in [6.07, 6.45) is 1.37. The normalized spacial score (nSPS) is 16.1. The van der Waals surface area contributed by atoms with Crippen molar-refractivity contribution in [3.05, 3.63) is 58.8 Å². The van der Waals surface area contributed by atoms with Gasteiger partial charge in [0.1, 0.15) is 13.2 Å². The van der Waals surface area contributed by atoms with Crippen molar-refractivity contribution in [3.63, 3.8) is 0 Å². The van der Waals surface area contributed by atoms with Gasteiger partial charge in [-0.3, -0.25) is 0 Å². The first-order valence-electron chi connectivity index (χ1n) is 10.2. The zero-order valence-electron chi connectivity index (χ0n) is 18.3. The molecule has 1 aromatic carbocycles. The third kappa shape index (κ3) is 6.63. The third-order valence-electron chi connectivity index (χ3n) is 4.91. The van der Waals surface area contributed by atoms with Crippen LogP contribution in [-0.2, 0) is 19.1 Å². The minimum atomic E-state index is -0.524. The van der Waals surface area contributed by atoms with Crippen molar-refractivity contribution in [3.8, 4) is 0 Å². The van der Waals surface area contributed by atoms with Crippen LogP contribution in [0.3, 0.4) is 0 Å². The van der Waals surface area contributed by atoms with E-state index in [9.17, 15) is 9.59 Å². The topological polar surface area (TPSA) is 88.1 Å². The first-order chi connectivity index (χ1) is 14.8. The van der Waals surface area contributed by atoms with Crippen LogP contribution in [0.5, 0.6) is 0 Å². The summed E-state index contributed by atoms with van der Waals surface area (Å²) in [6.45, 7) is 9.46. The van der Waals surface area contributed by atoms with Crippen LogP contribution in [0.25, 0.3) is 0 Å². The molecule has 1 unspecified atom stereocenters. The molecule has 2 rings (SSSR count). The van der Waals surface area contributed by atoms with Crippen LogP contribution in [0.15, 0.2) is 47.7 Å². The SMILES string of the molecule is C=C(C)C(=O)OCCOC(=O)C1=C(C)N(CCCCO)C(=S)NC1c1ccc(C)cc1. The van der Waals surface area contributed by atoms with Gasteiger partial charge in [-0.25, -0.2) is 9.59 Å². The van der Waals surface area contributed by atoms with E-state index in [4.69, 9.17) is 26.8 Å². The monoisotopic (exact) mass is 446 g/mol. The molecule has 0 saturated carbocycles. The summed E-state index contributed by atoms with van der Waals surface area (Å²) in [6, 6.07) is 7.40. The molecule has 0 spiro atoms. The summed E-state index contributed by atoms with van der Waals surface area (Å²) in [5.41, 5.74) is 3.44. The second-order valence-electron chi connectivity index (χ2n) is 7.43. The van der Waals surface area contributed by atoms with Gasteiger partial charge >= 0.3 is 11.9 Å². The van der Waals surface area contributed by atoms with E-state index in [0.717, 1.165) is 17.5 Å². The van der Waals surface area contributed by atoms with Crippen molar-refractivity contribution in [1.82, 2.24) is 10.2 Å². The fourth-order valence-corrected chi connectivity index (χ4v) is 3.52. The molecule has 0 aromatic heterocycles. The summed E-state index contributed by atoms with van der Waals surface area (Å²) < 4.78 is 10.4. The van der Waals surface area contributed by atoms with Crippen LogP contribution in [0, 0.1) is 6.92 Å². The lowest BCUT2D eigenvalue weighted by Gasteiger charge is -2.37. The zero-order valence-corrected chi connectivity index (χ0v) is 19.1. The first kappa shape index (κ1) is 24.6. The lowest BCUT2D eigenvalue weighted by Crippen LogP contribution is -2.48. The molecule has 0 amide bonds. The summed E-state index contributed by atoms with van der Waals surface area (Å²) in [4.78, 5) is 26.4. The van der Waals surface area contributed by atoms with Crippen molar-refractivity contribution >= 4 is 29.3 Å². The minimum absolute atomic E-state index is 0.0506. The summed E-state index contributed by atoms with van der Waals surface area (Å²) in [7, 11) is 0. The highest BCUT2D eigenvalue weighted by atomic mass is 32.1. The van der Waals surface area contributed by atoms with E-state index in [1.165, 1.54) is 0 Å². The molecule has 1 aliphatic rings. The number of carbonyl (C=O) groups excluding carboxylic acids is 2. The van der Waals surface area contributed by atoms with Crippen LogP contribution in [-0.4, -0.2) is 53.4 Å². The quantitative estimate of drug-likeness (QED) is 0.246. The molecular formula is C23H30N2O5S. The van der Waals surface area contributed by atoms with Gasteiger partial charge in [0.2, 0.25) is 0 Å². The van der Waals surface area contributed by atoms with Gasteiger partial charge in [-0.1, -0.05) is 36.4 Å². The molecule has 1 heterocycles. The maximum absolute atomic E-state index is 13.0. The number of hydrogen-bond acceptors (Lipinski definition) is 6. The molecule has 0 radical (unpaired) electrons. The standard InChI is InChI=1S/C23H30N2O5S/c1-15(2)21(27)29-13-14-30-22(28)19-17(4)25(11-5-6-12-26)23(31)24-20(19)18-9-7-16(3)8-10-18/h7-10,20,26H,1,5-6,11-14H2,2-4H3,(H,24,31). The molecule has 7 nitrogen and oxygen atoms in total. The molecule has 2 N–H and O–H groups in total. The summed E-state index contributed by atoms with van der Waals surface area (Å²) in [5, 5.41) is 12.9. The second kappa shape index (κ2) is 11.6. The van der Waals surface area contributed by atoms with E-state index in [1.807, 2.05) is 43.0 Å². The van der Waals surface area contributed by atoms with Crippen molar-refractivity contribution < 1.29 is 24.2 Å². The molecule has 31 heavy (non-hydrogen) atoms. The number of nitrogens with one attached hydrogen (secondary N) is 1. The Hall–Kier alpha value is -2.71. The molecule has 0 bridgehead atoms. The maximum Gasteiger partial charge on any atom is 0.338 e. The van der Waals surface area contributed by atoms with Gasteiger partial charge in [0, 0.05) is 24.4 Å². The Balaban J connectivity index is 2.23. The van der Waals surface area contributed by atoms with Crippen LogP contribution in [0.4, 0.5) is 0 Å². The van der Waals surface area contributed by atoms with Crippen LogP contribution < -0.4 is 5.32 Å². The highest BCUT2D eigenvalue weighted by molar-refractivity contribution is 7.80. The van der Waals surface area contributed by atoms with Gasteiger partial charge in [0.25, 0.3) is 0 Å². The largest absolute Gasteiger partial charge is 0.459 e. The third-order valence-corrected chi connectivity index (χ3v) is 5.25. The summed E-state index contributed by atoms with van der Waals surface area (Å²) >= 11 is 5.56. The van der Waals surface area contributed by atoms with Crippen molar-refractivity contribution in [2.24, 2.45) is 0 Å². The average molecular weight is 447 g/mol. The number of ether oxygens (including phenoxy) is 2. The number of hydrogen-bond donors (Lipinski definition) is 2. The predicted octanol–water partition coefficient (Wildman–Crippen LogP) is 2.94. The number of carbonyl (C=O) groups is 2. The van der Waals surface area contributed by atoms with Crippen LogP contribution in [0.1, 0.15) is 43.9 Å². The Morgan fingerprint density at radius 1 is 1.16 bits per heavy atom. The van der Waals surface area contributed by atoms with E-state index in [0.29, 0.717) is 29.3 Å². The summed E-state index contributed by atoms with van der Waals surface area (Å²) in [5.74, 6) is -1.03. The van der Waals surface area contributed by atoms with Crippen LogP contribution in [0.2, 0.25) is 0 Å². The Labute approximate surface area is 188 Å². The zero-order chi connectivity index (χ0) is 23.0. The number of aliphatic hydroxyl groups excluding tert-OH is 1. The maximum atomic E-state index is 13.0. The predicted molar refractivity (Wildman–Crippen MR) is 122 cm³/mol. The Bertz CT molecular complexity index is 863. The number of aliphatic hydroxyl groups is 1. The second-order valence-corrected chi connectivity index (χ2v) is 7.81. The number of nitrogens with zero attached hydrogens (tertiary/aromatic N) is 1. The molecular weight excluding hydrogens is 416 g/mol. The van der Waals surface area contributed by atoms with Crippen molar-refractivity contribution in [1.29, 1.82) is 0 Å². The fourth-order valence-electron chi connectivity index (χ4n) is 3.18. The van der Waals surface area contributed by atoms with E-state index < -0.39 is 18.0 Å². The highest BCUT2D eigenvalue weighted by Gasteiger charge is 2.34. The van der Waals surface area contributed by atoms with Gasteiger partial charge in [-0.05, 0) is 51.4 Å². The Morgan fingerprint density at radius 3 is 2.42 bits per heavy atom. The number of allylic oxidation sites excluding steroid dienone is 1. The van der Waals surface area contributed by atoms with E-state index >= 15 is 0 Å². The molecule has 0 fully saturated rings. The molecule has 168 valence electrons. The van der Waals surface area contributed by atoms with E-state index in [2.05, 4.69) is 11.9 Å². The van der Waals surface area contributed by atoms with Gasteiger partial charge in [0.05, 0.1) is 11.6 Å². The smallest absolute Gasteiger partial charge is 0.338 e. The van der Waals surface area contributed by atoms with E-state index in [1.54, 1.807) is 6.92 Å². The van der Waals surface area contributed by atoms with Gasteiger partial charge < -0.3 is 24.8 Å². The van der Waals surface area contributed by atoms with Crippen LogP contribution >= 0.6 is 12.2 Å². The van der Waals surface area contributed by atoms with Crippen molar-refractivity contribution in [2.45, 2.75) is 39.7 Å².